The van der Waals surface area contributed by atoms with E-state index in [9.17, 15) is 19.6 Å². The van der Waals surface area contributed by atoms with E-state index in [4.69, 9.17) is 0 Å². The van der Waals surface area contributed by atoms with Gasteiger partial charge in [0.1, 0.15) is 6.04 Å². The maximum atomic E-state index is 13.0. The third kappa shape index (κ3) is 11.0. The summed E-state index contributed by atoms with van der Waals surface area (Å²) in [5.74, 6) is -0.465. The predicted octanol–water partition coefficient (Wildman–Crippen LogP) is 3.95. The number of benzene rings is 2. The van der Waals surface area contributed by atoms with E-state index in [-0.39, 0.29) is 17.3 Å². The molecule has 34 heavy (non-hydrogen) atoms. The monoisotopic (exact) mass is 466 g/mol. The molecule has 0 aliphatic heterocycles. The van der Waals surface area contributed by atoms with Crippen LogP contribution in [0.25, 0.3) is 0 Å². The quantitative estimate of drug-likeness (QED) is 0.222. The van der Waals surface area contributed by atoms with Crippen LogP contribution in [0.1, 0.15) is 76.7 Å². The first-order valence-corrected chi connectivity index (χ1v) is 12.6. The standard InChI is InChI=1S/C27H39BN2O4/c1-2-3-4-5-6-7-8-9-13-19-26(31)30-25(20-22-15-11-10-12-16-22)27(32)29-24-18-14-17-23(21-24)28(33)34/h10-12,14-18,21,25,33-34H,2-9,13,19-20H2,1H3,(H,29,32)(H,30,31). The molecule has 4 N–H and O–H groups in total. The van der Waals surface area contributed by atoms with Crippen molar-refractivity contribution < 1.29 is 19.6 Å². The largest absolute Gasteiger partial charge is 0.488 e. The van der Waals surface area contributed by atoms with Crippen LogP contribution in [0.3, 0.4) is 0 Å². The van der Waals surface area contributed by atoms with Gasteiger partial charge in [-0.15, -0.1) is 0 Å². The van der Waals surface area contributed by atoms with Crippen molar-refractivity contribution in [2.24, 2.45) is 0 Å². The molecule has 0 aliphatic carbocycles. The third-order valence-electron chi connectivity index (χ3n) is 5.89. The molecular weight excluding hydrogens is 427 g/mol. The summed E-state index contributed by atoms with van der Waals surface area (Å²) in [6.07, 6.45) is 11.4. The van der Waals surface area contributed by atoms with Gasteiger partial charge in [0.25, 0.3) is 0 Å². The lowest BCUT2D eigenvalue weighted by atomic mass is 9.80. The highest BCUT2D eigenvalue weighted by Crippen LogP contribution is 2.12. The van der Waals surface area contributed by atoms with Gasteiger partial charge in [-0.25, -0.2) is 0 Å². The van der Waals surface area contributed by atoms with E-state index in [0.29, 0.717) is 18.5 Å². The van der Waals surface area contributed by atoms with E-state index in [1.807, 2.05) is 30.3 Å². The Balaban J connectivity index is 1.86. The van der Waals surface area contributed by atoms with Gasteiger partial charge in [0.2, 0.25) is 11.8 Å². The van der Waals surface area contributed by atoms with Gasteiger partial charge in [0.15, 0.2) is 0 Å². The van der Waals surface area contributed by atoms with Crippen molar-refractivity contribution in [1.29, 1.82) is 0 Å². The highest BCUT2D eigenvalue weighted by molar-refractivity contribution is 6.58. The number of carbonyl (C=O) groups excluding carboxylic acids is 2. The summed E-state index contributed by atoms with van der Waals surface area (Å²) in [7, 11) is -1.62. The van der Waals surface area contributed by atoms with Crippen molar-refractivity contribution >= 4 is 30.1 Å². The zero-order chi connectivity index (χ0) is 24.6. The van der Waals surface area contributed by atoms with Crippen LogP contribution in [0.15, 0.2) is 54.6 Å². The van der Waals surface area contributed by atoms with E-state index in [1.54, 1.807) is 18.2 Å². The number of hydrogen-bond donors (Lipinski definition) is 4. The molecule has 0 saturated heterocycles. The molecule has 1 atom stereocenters. The number of nitrogens with one attached hydrogen (secondary N) is 2. The summed E-state index contributed by atoms with van der Waals surface area (Å²) in [6.45, 7) is 2.22. The fourth-order valence-corrected chi connectivity index (χ4v) is 3.93. The second-order valence-corrected chi connectivity index (χ2v) is 8.88. The molecule has 2 aromatic carbocycles. The Morgan fingerprint density at radius 1 is 0.853 bits per heavy atom. The van der Waals surface area contributed by atoms with Crippen LogP contribution in [-0.4, -0.2) is 35.0 Å². The average Bonchev–Trinajstić information content (AvgIpc) is 2.83. The minimum Gasteiger partial charge on any atom is -0.423 e. The molecule has 0 saturated carbocycles. The lowest BCUT2D eigenvalue weighted by Gasteiger charge is -2.19. The maximum Gasteiger partial charge on any atom is 0.488 e. The lowest BCUT2D eigenvalue weighted by molar-refractivity contribution is -0.126. The van der Waals surface area contributed by atoms with Gasteiger partial charge in [-0.05, 0) is 29.6 Å². The highest BCUT2D eigenvalue weighted by Gasteiger charge is 2.22. The molecule has 0 aliphatic rings. The van der Waals surface area contributed by atoms with E-state index < -0.39 is 13.2 Å². The molecule has 7 heteroatoms. The van der Waals surface area contributed by atoms with Crippen LogP contribution in [0, 0.1) is 0 Å². The first kappa shape index (κ1) is 27.6. The molecule has 2 rings (SSSR count). The van der Waals surface area contributed by atoms with Crippen molar-refractivity contribution in [2.45, 2.75) is 83.6 Å². The highest BCUT2D eigenvalue weighted by atomic mass is 16.4. The van der Waals surface area contributed by atoms with Crippen molar-refractivity contribution in [3.8, 4) is 0 Å². The maximum absolute atomic E-state index is 13.0. The fraction of sp³-hybridized carbons (Fsp3) is 0.481. The molecule has 0 spiro atoms. The molecule has 0 heterocycles. The third-order valence-corrected chi connectivity index (χ3v) is 5.89. The number of rotatable bonds is 16. The SMILES string of the molecule is CCCCCCCCCCCC(=O)NC(Cc1ccccc1)C(=O)Nc1cccc(B(O)O)c1. The van der Waals surface area contributed by atoms with Gasteiger partial charge >= 0.3 is 7.12 Å². The Kier molecular flexibility index (Phi) is 13.0. The molecule has 0 fully saturated rings. The van der Waals surface area contributed by atoms with E-state index >= 15 is 0 Å². The fourth-order valence-electron chi connectivity index (χ4n) is 3.93. The summed E-state index contributed by atoms with van der Waals surface area (Å²) >= 11 is 0. The van der Waals surface area contributed by atoms with Crippen LogP contribution < -0.4 is 16.1 Å². The van der Waals surface area contributed by atoms with E-state index in [1.165, 1.54) is 44.6 Å². The molecule has 2 amide bonds. The molecular formula is C27H39BN2O4. The van der Waals surface area contributed by atoms with Gasteiger partial charge < -0.3 is 20.7 Å². The lowest BCUT2D eigenvalue weighted by Crippen LogP contribution is -2.45. The normalized spacial score (nSPS) is 11.6. The second kappa shape index (κ2) is 16.1. The van der Waals surface area contributed by atoms with Gasteiger partial charge in [-0.1, -0.05) is 101 Å². The zero-order valence-electron chi connectivity index (χ0n) is 20.3. The first-order chi connectivity index (χ1) is 16.5. The Bertz CT molecular complexity index is 861. The van der Waals surface area contributed by atoms with E-state index in [0.717, 1.165) is 24.8 Å². The number of carbonyl (C=O) groups is 2. The molecule has 1 unspecified atom stereocenters. The molecule has 184 valence electrons. The Morgan fingerprint density at radius 2 is 1.50 bits per heavy atom. The van der Waals surface area contributed by atoms with Crippen molar-refractivity contribution in [1.82, 2.24) is 5.32 Å². The van der Waals surface area contributed by atoms with Crippen molar-refractivity contribution in [3.63, 3.8) is 0 Å². The molecule has 0 radical (unpaired) electrons. The minimum atomic E-state index is -1.62. The van der Waals surface area contributed by atoms with Gasteiger partial charge in [0, 0.05) is 18.5 Å². The first-order valence-electron chi connectivity index (χ1n) is 12.6. The Morgan fingerprint density at radius 3 is 2.15 bits per heavy atom. The van der Waals surface area contributed by atoms with Crippen molar-refractivity contribution in [3.05, 3.63) is 60.2 Å². The molecule has 6 nitrogen and oxygen atoms in total. The summed E-state index contributed by atoms with van der Waals surface area (Å²) in [4.78, 5) is 25.6. The summed E-state index contributed by atoms with van der Waals surface area (Å²) < 4.78 is 0. The molecule has 0 aromatic heterocycles. The second-order valence-electron chi connectivity index (χ2n) is 8.88. The van der Waals surface area contributed by atoms with Crippen LogP contribution in [0.4, 0.5) is 5.69 Å². The number of unbranched alkanes of at least 4 members (excludes halogenated alkanes) is 8. The molecule has 2 aromatic rings. The summed E-state index contributed by atoms with van der Waals surface area (Å²) in [5, 5.41) is 24.4. The van der Waals surface area contributed by atoms with Gasteiger partial charge in [-0.3, -0.25) is 9.59 Å². The number of anilines is 1. The van der Waals surface area contributed by atoms with Gasteiger partial charge in [0.05, 0.1) is 0 Å². The van der Waals surface area contributed by atoms with Crippen LogP contribution in [0.5, 0.6) is 0 Å². The Hall–Kier alpha value is -2.64. The number of hydrogen-bond acceptors (Lipinski definition) is 4. The van der Waals surface area contributed by atoms with Gasteiger partial charge in [-0.2, -0.15) is 0 Å². The average molecular weight is 466 g/mol. The summed E-state index contributed by atoms with van der Waals surface area (Å²) in [6, 6.07) is 15.2. The van der Waals surface area contributed by atoms with Crippen molar-refractivity contribution in [2.75, 3.05) is 5.32 Å². The van der Waals surface area contributed by atoms with Crippen LogP contribution in [-0.2, 0) is 16.0 Å². The van der Waals surface area contributed by atoms with E-state index in [2.05, 4.69) is 17.6 Å². The van der Waals surface area contributed by atoms with Crippen LogP contribution in [0.2, 0.25) is 0 Å². The van der Waals surface area contributed by atoms with Crippen LogP contribution >= 0.6 is 0 Å². The smallest absolute Gasteiger partial charge is 0.423 e. The minimum absolute atomic E-state index is 0.126. The topological polar surface area (TPSA) is 98.7 Å². The predicted molar refractivity (Wildman–Crippen MR) is 139 cm³/mol. The summed E-state index contributed by atoms with van der Waals surface area (Å²) in [5.41, 5.74) is 1.68. The zero-order valence-corrected chi connectivity index (χ0v) is 20.3. The Labute approximate surface area is 204 Å². The number of amides is 2. The molecule has 0 bridgehead atoms.